The van der Waals surface area contributed by atoms with Gasteiger partial charge in [0, 0.05) is 11.6 Å². The van der Waals surface area contributed by atoms with E-state index in [0.717, 1.165) is 4.57 Å². The lowest BCUT2D eigenvalue weighted by Gasteiger charge is -2.25. The van der Waals surface area contributed by atoms with Crippen LogP contribution in [-0.4, -0.2) is 43.0 Å². The van der Waals surface area contributed by atoms with Crippen molar-refractivity contribution in [2.45, 2.75) is 36.3 Å². The Bertz CT molecular complexity index is 654. The second-order valence-corrected chi connectivity index (χ2v) is 5.48. The number of alkyl halides is 1. The van der Waals surface area contributed by atoms with E-state index in [1.807, 2.05) is 0 Å². The first kappa shape index (κ1) is 16.1. The van der Waals surface area contributed by atoms with Crippen LogP contribution < -0.4 is 11.4 Å². The molecule has 5 atom stereocenters. The van der Waals surface area contributed by atoms with Gasteiger partial charge in [-0.05, 0) is 24.6 Å². The molecule has 9 heteroatoms. The maximum absolute atomic E-state index is 11.9. The average molecular weight is 334 g/mol. The van der Waals surface area contributed by atoms with Gasteiger partial charge in [-0.3, -0.25) is 4.57 Å². The van der Waals surface area contributed by atoms with E-state index in [2.05, 4.69) is 16.3 Å². The number of hydrogen-bond donors (Lipinski definition) is 3. The van der Waals surface area contributed by atoms with Crippen molar-refractivity contribution in [1.29, 1.82) is 0 Å². The van der Waals surface area contributed by atoms with E-state index >= 15 is 0 Å². The molecule has 4 N–H and O–H groups in total. The maximum Gasteiger partial charge on any atom is 0.351 e. The molecule has 1 aromatic rings. The van der Waals surface area contributed by atoms with E-state index < -0.39 is 35.1 Å². The van der Waals surface area contributed by atoms with Crippen LogP contribution in [0.5, 0.6) is 0 Å². The molecule has 2 heterocycles. The number of anilines is 1. The number of aliphatic hydroxyl groups excluding tert-OH is 2. The van der Waals surface area contributed by atoms with E-state index in [9.17, 15) is 15.0 Å². The van der Waals surface area contributed by atoms with E-state index in [1.54, 1.807) is 0 Å². The number of nitrogens with zero attached hydrogens (tertiary/aromatic N) is 2. The Morgan fingerprint density at radius 3 is 2.86 bits per heavy atom. The van der Waals surface area contributed by atoms with Crippen LogP contribution in [0.15, 0.2) is 17.1 Å². The number of nitrogen functional groups attached to an aromatic ring is 1. The van der Waals surface area contributed by atoms with Crippen molar-refractivity contribution in [2.24, 2.45) is 0 Å². The fraction of sp³-hybridized carbons (Fsp3) is 0.500. The van der Waals surface area contributed by atoms with Gasteiger partial charge in [0.2, 0.25) is 0 Å². The van der Waals surface area contributed by atoms with E-state index in [1.165, 1.54) is 19.2 Å². The standard InChI is InChI=1S/C12H13Cl2N3O4/c1-6(18)8-9(19)12(14,3-4-13)10(21-8)17-5-2-7(15)16-11(17)20/h2,5-6,8-10,18-19H,1H3,(H2,15,16,20)/t6-,8+,9?,10+,12+/m0/s1. The Labute approximate surface area is 130 Å². The summed E-state index contributed by atoms with van der Waals surface area (Å²) in [7, 11) is 0. The Morgan fingerprint density at radius 1 is 1.67 bits per heavy atom. The van der Waals surface area contributed by atoms with Gasteiger partial charge in [-0.1, -0.05) is 17.5 Å². The summed E-state index contributed by atoms with van der Waals surface area (Å²) in [5.74, 6) is 2.45. The molecule has 1 aliphatic heterocycles. The molecule has 1 fully saturated rings. The van der Waals surface area contributed by atoms with Crippen LogP contribution in [0, 0.1) is 11.3 Å². The number of ether oxygens (including phenoxy) is 1. The molecule has 0 bridgehead atoms. The zero-order valence-corrected chi connectivity index (χ0v) is 12.4. The molecule has 0 aliphatic carbocycles. The Kier molecular flexibility index (Phi) is 4.46. The van der Waals surface area contributed by atoms with Crippen molar-refractivity contribution in [3.8, 4) is 11.3 Å². The summed E-state index contributed by atoms with van der Waals surface area (Å²) in [6.45, 7) is 1.42. The van der Waals surface area contributed by atoms with Gasteiger partial charge in [0.25, 0.3) is 0 Å². The molecule has 7 nitrogen and oxygen atoms in total. The predicted molar refractivity (Wildman–Crippen MR) is 76.7 cm³/mol. The number of nitrogens with two attached hydrogens (primary N) is 1. The van der Waals surface area contributed by atoms with E-state index in [-0.39, 0.29) is 5.82 Å². The van der Waals surface area contributed by atoms with Crippen LogP contribution in [-0.2, 0) is 4.74 Å². The van der Waals surface area contributed by atoms with Crippen LogP contribution in [0.2, 0.25) is 0 Å². The molecule has 0 amide bonds. The summed E-state index contributed by atoms with van der Waals surface area (Å²) >= 11 is 11.7. The molecule has 0 radical (unpaired) electrons. The molecule has 0 aromatic carbocycles. The van der Waals surface area contributed by atoms with Crippen LogP contribution in [0.4, 0.5) is 5.82 Å². The first-order valence-corrected chi connectivity index (χ1v) is 6.75. The molecule has 0 spiro atoms. The third kappa shape index (κ3) is 2.73. The van der Waals surface area contributed by atoms with E-state index in [0.29, 0.717) is 0 Å². The second kappa shape index (κ2) is 5.83. The predicted octanol–water partition coefficient (Wildman–Crippen LogP) is -0.358. The summed E-state index contributed by atoms with van der Waals surface area (Å²) in [6.07, 6.45) is -3.29. The number of hydrogen-bond acceptors (Lipinski definition) is 6. The van der Waals surface area contributed by atoms with Crippen molar-refractivity contribution < 1.29 is 14.9 Å². The Hall–Kier alpha value is -1.30. The molecule has 1 aromatic heterocycles. The van der Waals surface area contributed by atoms with Gasteiger partial charge in [-0.2, -0.15) is 4.98 Å². The van der Waals surface area contributed by atoms with Crippen molar-refractivity contribution in [3.63, 3.8) is 0 Å². The fourth-order valence-corrected chi connectivity index (χ4v) is 2.70. The zero-order chi connectivity index (χ0) is 15.8. The van der Waals surface area contributed by atoms with Crippen LogP contribution >= 0.6 is 23.2 Å². The highest BCUT2D eigenvalue weighted by atomic mass is 35.5. The van der Waals surface area contributed by atoms with Gasteiger partial charge in [-0.15, -0.1) is 0 Å². The maximum atomic E-state index is 11.9. The quantitative estimate of drug-likeness (QED) is 0.503. The van der Waals surface area contributed by atoms with Gasteiger partial charge in [0.15, 0.2) is 11.1 Å². The first-order chi connectivity index (χ1) is 9.81. The van der Waals surface area contributed by atoms with Crippen molar-refractivity contribution in [2.75, 3.05) is 5.73 Å². The summed E-state index contributed by atoms with van der Waals surface area (Å²) < 4.78 is 6.54. The Morgan fingerprint density at radius 2 is 2.33 bits per heavy atom. The summed E-state index contributed by atoms with van der Waals surface area (Å²) in [6, 6.07) is 1.37. The van der Waals surface area contributed by atoms with Crippen LogP contribution in [0.3, 0.4) is 0 Å². The summed E-state index contributed by atoms with van der Waals surface area (Å²) in [4.78, 5) is 13.8. The lowest BCUT2D eigenvalue weighted by molar-refractivity contribution is -0.0773. The van der Waals surface area contributed by atoms with E-state index in [4.69, 9.17) is 33.7 Å². The minimum Gasteiger partial charge on any atom is -0.391 e. The average Bonchev–Trinajstić information content (AvgIpc) is 2.64. The monoisotopic (exact) mass is 333 g/mol. The smallest absolute Gasteiger partial charge is 0.351 e. The number of aromatic nitrogens is 2. The molecule has 2 rings (SSSR count). The molecular formula is C12H13Cl2N3O4. The van der Waals surface area contributed by atoms with Crippen molar-refractivity contribution >= 4 is 29.0 Å². The van der Waals surface area contributed by atoms with Gasteiger partial charge >= 0.3 is 5.69 Å². The first-order valence-electron chi connectivity index (χ1n) is 5.99. The number of rotatable bonds is 2. The van der Waals surface area contributed by atoms with Crippen molar-refractivity contribution in [3.05, 3.63) is 22.7 Å². The highest BCUT2D eigenvalue weighted by molar-refractivity contribution is 6.32. The molecule has 0 saturated carbocycles. The molecule has 1 saturated heterocycles. The SMILES string of the molecule is C[C@H](O)[C@H]1O[C@@H](n2ccc(N)nc2=O)[C@@](Cl)(C#CCl)C1O. The topological polar surface area (TPSA) is 111 Å². The highest BCUT2D eigenvalue weighted by Gasteiger charge is 2.57. The molecule has 114 valence electrons. The normalized spacial score (nSPS) is 33.3. The lowest BCUT2D eigenvalue weighted by Crippen LogP contribution is -2.44. The number of aliphatic hydroxyl groups is 2. The zero-order valence-electron chi connectivity index (χ0n) is 10.9. The number of halogens is 2. The van der Waals surface area contributed by atoms with Crippen LogP contribution in [0.1, 0.15) is 13.2 Å². The van der Waals surface area contributed by atoms with Gasteiger partial charge in [-0.25, -0.2) is 4.79 Å². The minimum absolute atomic E-state index is 0.0328. The van der Waals surface area contributed by atoms with Crippen molar-refractivity contribution in [1.82, 2.24) is 9.55 Å². The van der Waals surface area contributed by atoms with Crippen LogP contribution in [0.25, 0.3) is 0 Å². The molecule has 21 heavy (non-hydrogen) atoms. The summed E-state index contributed by atoms with van der Waals surface area (Å²) in [5.41, 5.74) is 4.70. The molecular weight excluding hydrogens is 321 g/mol. The molecule has 1 aliphatic rings. The summed E-state index contributed by atoms with van der Waals surface area (Å²) in [5, 5.41) is 22.0. The largest absolute Gasteiger partial charge is 0.391 e. The van der Waals surface area contributed by atoms with Gasteiger partial charge in [0.1, 0.15) is 18.0 Å². The highest BCUT2D eigenvalue weighted by Crippen LogP contribution is 2.43. The fourth-order valence-electron chi connectivity index (χ4n) is 2.17. The third-order valence-electron chi connectivity index (χ3n) is 3.21. The van der Waals surface area contributed by atoms with Gasteiger partial charge in [0.05, 0.1) is 6.10 Å². The lowest BCUT2D eigenvalue weighted by atomic mass is 9.97. The third-order valence-corrected chi connectivity index (χ3v) is 3.80. The minimum atomic E-state index is -1.70. The van der Waals surface area contributed by atoms with Gasteiger partial charge < -0.3 is 20.7 Å². The Balaban J connectivity index is 2.54. The molecule has 1 unspecified atom stereocenters. The second-order valence-electron chi connectivity index (χ2n) is 4.67.